The smallest absolute Gasteiger partial charge is 0.255 e. The number of rotatable bonds is 5. The van der Waals surface area contributed by atoms with Crippen molar-refractivity contribution in [3.63, 3.8) is 0 Å². The number of carbonyl (C=O) groups excluding carboxylic acids is 1. The van der Waals surface area contributed by atoms with Crippen LogP contribution in [0.1, 0.15) is 24.2 Å². The molecule has 156 valence electrons. The van der Waals surface area contributed by atoms with E-state index in [1.54, 1.807) is 24.3 Å². The van der Waals surface area contributed by atoms with E-state index < -0.39 is 10.0 Å². The first-order chi connectivity index (χ1) is 13.7. The normalized spacial score (nSPS) is 18.0. The van der Waals surface area contributed by atoms with Crippen molar-refractivity contribution in [1.82, 2.24) is 4.31 Å². The Morgan fingerprint density at radius 3 is 2.55 bits per heavy atom. The van der Waals surface area contributed by atoms with E-state index in [9.17, 15) is 13.2 Å². The molecule has 0 saturated carbocycles. The van der Waals surface area contributed by atoms with E-state index in [1.165, 1.54) is 16.4 Å². The van der Waals surface area contributed by atoms with Crippen LogP contribution in [0.3, 0.4) is 0 Å². The molecule has 6 nitrogen and oxygen atoms in total. The van der Waals surface area contributed by atoms with Gasteiger partial charge in [0, 0.05) is 25.8 Å². The number of halogens is 2. The summed E-state index contributed by atoms with van der Waals surface area (Å²) in [6, 6.07) is 11.4. The third-order valence-electron chi connectivity index (χ3n) is 4.78. The fourth-order valence-corrected chi connectivity index (χ4v) is 5.61. The van der Waals surface area contributed by atoms with Crippen molar-refractivity contribution in [2.24, 2.45) is 5.92 Å². The lowest BCUT2D eigenvalue weighted by atomic mass is 10.1. The number of nitrogens with zero attached hydrogens (tertiary/aromatic N) is 1. The molecule has 0 radical (unpaired) electrons. The Hall–Kier alpha value is -1.01. The second-order valence-corrected chi connectivity index (χ2v) is 11.0. The summed E-state index contributed by atoms with van der Waals surface area (Å²) in [6.45, 7) is 5.11. The number of amides is 1. The maximum absolute atomic E-state index is 13.1. The number of ether oxygens (including phenoxy) is 1. The first-order valence-corrected chi connectivity index (χ1v) is 12.5. The van der Waals surface area contributed by atoms with Crippen LogP contribution < -0.4 is 5.32 Å². The van der Waals surface area contributed by atoms with Crippen LogP contribution in [0.4, 0.5) is 5.69 Å². The van der Waals surface area contributed by atoms with Crippen LogP contribution in [0, 0.1) is 9.49 Å². The predicted octanol–water partition coefficient (Wildman–Crippen LogP) is 4.35. The molecular weight excluding hydrogens is 571 g/mol. The molecule has 0 aliphatic carbocycles. The lowest BCUT2D eigenvalue weighted by Crippen LogP contribution is -2.50. The molecule has 1 aliphatic heterocycles. The SMILES string of the molecule is CC(C)C1COCCN1S(=O)(=O)c1ccc(NC(=O)c2ccc(Br)c(I)c2)cc1. The average Bonchev–Trinajstić information content (AvgIpc) is 2.70. The molecule has 1 N–H and O–H groups in total. The summed E-state index contributed by atoms with van der Waals surface area (Å²) in [5, 5.41) is 2.80. The number of benzene rings is 2. The van der Waals surface area contributed by atoms with E-state index in [1.807, 2.05) is 19.9 Å². The average molecular weight is 593 g/mol. The van der Waals surface area contributed by atoms with E-state index in [0.29, 0.717) is 31.0 Å². The molecule has 9 heteroatoms. The summed E-state index contributed by atoms with van der Waals surface area (Å²) >= 11 is 5.56. The molecule has 0 bridgehead atoms. The highest BCUT2D eigenvalue weighted by Gasteiger charge is 2.35. The monoisotopic (exact) mass is 592 g/mol. The molecule has 1 unspecified atom stereocenters. The summed E-state index contributed by atoms with van der Waals surface area (Å²) in [4.78, 5) is 12.7. The number of carbonyl (C=O) groups is 1. The lowest BCUT2D eigenvalue weighted by Gasteiger charge is -2.36. The molecule has 0 spiro atoms. The minimum Gasteiger partial charge on any atom is -0.378 e. The van der Waals surface area contributed by atoms with Crippen molar-refractivity contribution < 1.29 is 17.9 Å². The van der Waals surface area contributed by atoms with Crippen LogP contribution in [-0.4, -0.2) is 44.4 Å². The van der Waals surface area contributed by atoms with E-state index >= 15 is 0 Å². The summed E-state index contributed by atoms with van der Waals surface area (Å²) < 4.78 is 35.1. The molecule has 1 aliphatic rings. The third kappa shape index (κ3) is 5.19. The zero-order valence-electron chi connectivity index (χ0n) is 16.1. The van der Waals surface area contributed by atoms with Crippen molar-refractivity contribution in [2.45, 2.75) is 24.8 Å². The van der Waals surface area contributed by atoms with Crippen molar-refractivity contribution in [1.29, 1.82) is 0 Å². The van der Waals surface area contributed by atoms with Crippen molar-refractivity contribution in [3.8, 4) is 0 Å². The number of anilines is 1. The third-order valence-corrected chi connectivity index (χ3v) is 9.05. The molecule has 3 rings (SSSR count). The molecular formula is C20H22BrIN2O4S. The van der Waals surface area contributed by atoms with E-state index in [2.05, 4.69) is 43.8 Å². The van der Waals surface area contributed by atoms with Gasteiger partial charge in [-0.2, -0.15) is 4.31 Å². The van der Waals surface area contributed by atoms with Gasteiger partial charge in [0.05, 0.1) is 24.2 Å². The standard InChI is InChI=1S/C20H22BrIN2O4S/c1-13(2)19-12-28-10-9-24(19)29(26,27)16-6-4-15(5-7-16)23-20(25)14-3-8-17(21)18(22)11-14/h3-8,11,13,19H,9-10,12H2,1-2H3,(H,23,25). The van der Waals surface area contributed by atoms with Crippen LogP contribution in [0.15, 0.2) is 51.8 Å². The zero-order valence-corrected chi connectivity index (χ0v) is 20.6. The Kier molecular flexibility index (Phi) is 7.36. The van der Waals surface area contributed by atoms with Gasteiger partial charge in [-0.15, -0.1) is 0 Å². The first-order valence-electron chi connectivity index (χ1n) is 9.16. The van der Waals surface area contributed by atoms with Gasteiger partial charge in [0.15, 0.2) is 0 Å². The lowest BCUT2D eigenvalue weighted by molar-refractivity contribution is 0.0160. The van der Waals surface area contributed by atoms with Crippen molar-refractivity contribution in [3.05, 3.63) is 56.1 Å². The Labute approximate surface area is 193 Å². The predicted molar refractivity (Wildman–Crippen MR) is 125 cm³/mol. The molecule has 1 atom stereocenters. The van der Waals surface area contributed by atoms with E-state index in [4.69, 9.17) is 4.74 Å². The summed E-state index contributed by atoms with van der Waals surface area (Å²) in [6.07, 6.45) is 0. The van der Waals surface area contributed by atoms with E-state index in [-0.39, 0.29) is 22.8 Å². The Morgan fingerprint density at radius 2 is 1.93 bits per heavy atom. The van der Waals surface area contributed by atoms with Gasteiger partial charge in [0.25, 0.3) is 5.91 Å². The van der Waals surface area contributed by atoms with Crippen LogP contribution in [-0.2, 0) is 14.8 Å². The molecule has 29 heavy (non-hydrogen) atoms. The van der Waals surface area contributed by atoms with E-state index in [0.717, 1.165) is 8.04 Å². The molecule has 1 fully saturated rings. The molecule has 1 heterocycles. The highest BCUT2D eigenvalue weighted by Crippen LogP contribution is 2.26. The van der Waals surface area contributed by atoms with Crippen LogP contribution in [0.2, 0.25) is 0 Å². The Balaban J connectivity index is 1.76. The topological polar surface area (TPSA) is 75.7 Å². The first kappa shape index (κ1) is 22.7. The number of hydrogen-bond donors (Lipinski definition) is 1. The van der Waals surface area contributed by atoms with Crippen molar-refractivity contribution in [2.75, 3.05) is 25.1 Å². The van der Waals surface area contributed by atoms with Crippen LogP contribution in [0.25, 0.3) is 0 Å². The molecule has 1 saturated heterocycles. The highest BCUT2D eigenvalue weighted by atomic mass is 127. The van der Waals surface area contributed by atoms with Crippen LogP contribution in [0.5, 0.6) is 0 Å². The Bertz CT molecular complexity index is 996. The Morgan fingerprint density at radius 1 is 1.24 bits per heavy atom. The zero-order chi connectivity index (χ0) is 21.2. The fourth-order valence-electron chi connectivity index (χ4n) is 3.12. The minimum atomic E-state index is -3.63. The summed E-state index contributed by atoms with van der Waals surface area (Å²) in [7, 11) is -3.63. The highest BCUT2D eigenvalue weighted by molar-refractivity contribution is 14.1. The molecule has 0 aromatic heterocycles. The van der Waals surface area contributed by atoms with Gasteiger partial charge >= 0.3 is 0 Å². The van der Waals surface area contributed by atoms with Gasteiger partial charge < -0.3 is 10.1 Å². The maximum atomic E-state index is 13.1. The second kappa shape index (κ2) is 9.42. The van der Waals surface area contributed by atoms with Gasteiger partial charge in [-0.1, -0.05) is 13.8 Å². The minimum absolute atomic E-state index is 0.150. The second-order valence-electron chi connectivity index (χ2n) is 7.11. The molecule has 1 amide bonds. The summed E-state index contributed by atoms with van der Waals surface area (Å²) in [5.74, 6) is -0.101. The van der Waals surface area contributed by atoms with Gasteiger partial charge in [0.2, 0.25) is 10.0 Å². The number of sulfonamides is 1. The molecule has 2 aromatic rings. The van der Waals surface area contributed by atoms with Gasteiger partial charge in [0.1, 0.15) is 0 Å². The van der Waals surface area contributed by atoms with Crippen molar-refractivity contribution >= 4 is 60.1 Å². The fraction of sp³-hybridized carbons (Fsp3) is 0.350. The number of morpholine rings is 1. The number of nitrogens with one attached hydrogen (secondary N) is 1. The number of hydrogen-bond acceptors (Lipinski definition) is 4. The molecule has 2 aromatic carbocycles. The van der Waals surface area contributed by atoms with Gasteiger partial charge in [-0.25, -0.2) is 8.42 Å². The van der Waals surface area contributed by atoms with Crippen LogP contribution >= 0.6 is 38.5 Å². The summed E-state index contributed by atoms with van der Waals surface area (Å²) in [5.41, 5.74) is 1.07. The van der Waals surface area contributed by atoms with Gasteiger partial charge in [-0.05, 0) is 86.9 Å². The quantitative estimate of drug-likeness (QED) is 0.524. The maximum Gasteiger partial charge on any atom is 0.255 e. The van der Waals surface area contributed by atoms with Gasteiger partial charge in [-0.3, -0.25) is 4.79 Å². The largest absolute Gasteiger partial charge is 0.378 e.